The minimum Gasteiger partial charge on any atom is -0.481 e. The standard InChI is InChI=1S/C32H64O2/c1-7-10-13-16-19-22-25-28(4)32(31(33)34,29(5)26-23-20-17-14-11-8-2)30(6)27-24-21-18-15-12-9-3/h28-30H,7-27H2,1-6H3,(H,33,34). The van der Waals surface area contributed by atoms with Gasteiger partial charge in [0.05, 0.1) is 5.41 Å². The number of aliphatic carboxylic acids is 1. The lowest BCUT2D eigenvalue weighted by atomic mass is 9.57. The first-order valence-corrected chi connectivity index (χ1v) is 15.6. The predicted molar refractivity (Wildman–Crippen MR) is 152 cm³/mol. The molecule has 2 heteroatoms. The summed E-state index contributed by atoms with van der Waals surface area (Å²) in [6.07, 6.45) is 26.3. The molecule has 0 spiro atoms. The van der Waals surface area contributed by atoms with E-state index in [1.54, 1.807) is 0 Å². The summed E-state index contributed by atoms with van der Waals surface area (Å²) in [4.78, 5) is 13.1. The van der Waals surface area contributed by atoms with E-state index in [1.165, 1.54) is 116 Å². The molecule has 0 aliphatic heterocycles. The molecule has 0 amide bonds. The number of unbranched alkanes of at least 4 members (excludes halogenated alkanes) is 15. The number of rotatable bonds is 25. The minimum absolute atomic E-state index is 0.251. The molecule has 3 atom stereocenters. The molecule has 0 aliphatic rings. The Morgan fingerprint density at radius 3 is 0.971 bits per heavy atom. The Balaban J connectivity index is 5.14. The number of carboxylic acids is 1. The Hall–Kier alpha value is -0.530. The van der Waals surface area contributed by atoms with Crippen LogP contribution in [0, 0.1) is 23.2 Å². The molecule has 2 nitrogen and oxygen atoms in total. The highest BCUT2D eigenvalue weighted by Crippen LogP contribution is 2.49. The smallest absolute Gasteiger partial charge is 0.310 e. The number of hydrogen-bond acceptors (Lipinski definition) is 1. The third-order valence-corrected chi connectivity index (χ3v) is 8.79. The maximum absolute atomic E-state index is 13.1. The van der Waals surface area contributed by atoms with Crippen LogP contribution in [-0.2, 0) is 4.79 Å². The van der Waals surface area contributed by atoms with Crippen molar-refractivity contribution in [2.45, 2.75) is 176 Å². The largest absolute Gasteiger partial charge is 0.481 e. The predicted octanol–water partition coefficient (Wildman–Crippen LogP) is 11.2. The average Bonchev–Trinajstić information content (AvgIpc) is 2.81. The quantitative estimate of drug-likeness (QED) is 0.132. The van der Waals surface area contributed by atoms with Crippen LogP contribution in [0.2, 0.25) is 0 Å². The molecule has 204 valence electrons. The molecule has 0 aromatic carbocycles. The van der Waals surface area contributed by atoms with E-state index in [0.717, 1.165) is 19.3 Å². The highest BCUT2D eigenvalue weighted by Gasteiger charge is 2.51. The second-order valence-electron chi connectivity index (χ2n) is 11.6. The zero-order valence-electron chi connectivity index (χ0n) is 24.4. The minimum atomic E-state index is -0.573. The van der Waals surface area contributed by atoms with Crippen LogP contribution >= 0.6 is 0 Å². The van der Waals surface area contributed by atoms with Gasteiger partial charge in [-0.3, -0.25) is 4.79 Å². The number of hydrogen-bond donors (Lipinski definition) is 1. The fourth-order valence-electron chi connectivity index (χ4n) is 6.50. The maximum Gasteiger partial charge on any atom is 0.310 e. The van der Waals surface area contributed by atoms with Gasteiger partial charge in [0.2, 0.25) is 0 Å². The fourth-order valence-corrected chi connectivity index (χ4v) is 6.50. The SMILES string of the molecule is CCCCCCCCC(C)C(C(=O)O)(C(C)CCCCCCCC)C(C)CCCCCCCC. The molecule has 0 heterocycles. The monoisotopic (exact) mass is 480 g/mol. The molecule has 0 radical (unpaired) electrons. The Kier molecular flexibility index (Phi) is 21.4. The van der Waals surface area contributed by atoms with E-state index in [2.05, 4.69) is 41.5 Å². The van der Waals surface area contributed by atoms with Crippen molar-refractivity contribution in [3.8, 4) is 0 Å². The summed E-state index contributed by atoms with van der Waals surface area (Å²) in [6, 6.07) is 0. The van der Waals surface area contributed by atoms with Crippen molar-refractivity contribution in [2.75, 3.05) is 0 Å². The van der Waals surface area contributed by atoms with Crippen molar-refractivity contribution in [1.29, 1.82) is 0 Å². The molecule has 0 fully saturated rings. The summed E-state index contributed by atoms with van der Waals surface area (Å²) in [5, 5.41) is 10.8. The lowest BCUT2D eigenvalue weighted by Crippen LogP contribution is -2.48. The van der Waals surface area contributed by atoms with Gasteiger partial charge in [-0.1, -0.05) is 157 Å². The van der Waals surface area contributed by atoms with Gasteiger partial charge in [-0.05, 0) is 37.0 Å². The van der Waals surface area contributed by atoms with Gasteiger partial charge >= 0.3 is 5.97 Å². The second kappa shape index (κ2) is 21.7. The Morgan fingerprint density at radius 1 is 0.500 bits per heavy atom. The van der Waals surface area contributed by atoms with Crippen LogP contribution in [0.25, 0.3) is 0 Å². The van der Waals surface area contributed by atoms with Gasteiger partial charge in [-0.25, -0.2) is 0 Å². The van der Waals surface area contributed by atoms with E-state index in [9.17, 15) is 9.90 Å². The molecule has 3 unspecified atom stereocenters. The average molecular weight is 481 g/mol. The van der Waals surface area contributed by atoms with Gasteiger partial charge in [0.15, 0.2) is 0 Å². The fraction of sp³-hybridized carbons (Fsp3) is 0.969. The molecule has 0 saturated heterocycles. The van der Waals surface area contributed by atoms with Crippen molar-refractivity contribution >= 4 is 5.97 Å². The highest BCUT2D eigenvalue weighted by molar-refractivity contribution is 5.76. The summed E-state index contributed by atoms with van der Waals surface area (Å²) >= 11 is 0. The van der Waals surface area contributed by atoms with Gasteiger partial charge < -0.3 is 5.11 Å². The molecule has 0 aromatic rings. The van der Waals surface area contributed by atoms with Crippen molar-refractivity contribution in [2.24, 2.45) is 23.2 Å². The summed E-state index contributed by atoms with van der Waals surface area (Å²) in [5.74, 6) is 0.243. The molecule has 0 aromatic heterocycles. The maximum atomic E-state index is 13.1. The van der Waals surface area contributed by atoms with Gasteiger partial charge in [0.25, 0.3) is 0 Å². The number of carboxylic acid groups (broad SMARTS) is 1. The van der Waals surface area contributed by atoms with E-state index in [0.29, 0.717) is 0 Å². The van der Waals surface area contributed by atoms with E-state index in [4.69, 9.17) is 0 Å². The van der Waals surface area contributed by atoms with E-state index in [-0.39, 0.29) is 17.8 Å². The molecular weight excluding hydrogens is 416 g/mol. The lowest BCUT2D eigenvalue weighted by molar-refractivity contribution is -0.163. The van der Waals surface area contributed by atoms with E-state index < -0.39 is 11.4 Å². The van der Waals surface area contributed by atoms with Crippen LogP contribution in [0.3, 0.4) is 0 Å². The normalized spacial score (nSPS) is 16.2. The van der Waals surface area contributed by atoms with Crippen molar-refractivity contribution < 1.29 is 9.90 Å². The molecule has 0 aliphatic carbocycles. The van der Waals surface area contributed by atoms with E-state index >= 15 is 0 Å². The van der Waals surface area contributed by atoms with Gasteiger partial charge in [-0.2, -0.15) is 0 Å². The third-order valence-electron chi connectivity index (χ3n) is 8.79. The first kappa shape index (κ1) is 33.5. The number of carbonyl (C=O) groups is 1. The van der Waals surface area contributed by atoms with Crippen LogP contribution in [0.5, 0.6) is 0 Å². The van der Waals surface area contributed by atoms with Gasteiger partial charge in [0.1, 0.15) is 0 Å². The van der Waals surface area contributed by atoms with Crippen LogP contribution < -0.4 is 0 Å². The molecular formula is C32H64O2. The summed E-state index contributed by atoms with van der Waals surface area (Å²) in [7, 11) is 0. The Bertz CT molecular complexity index is 403. The van der Waals surface area contributed by atoms with Crippen LogP contribution in [-0.4, -0.2) is 11.1 Å². The van der Waals surface area contributed by atoms with E-state index in [1.807, 2.05) is 0 Å². The van der Waals surface area contributed by atoms with Crippen LogP contribution in [0.4, 0.5) is 0 Å². The third kappa shape index (κ3) is 13.0. The Morgan fingerprint density at radius 2 is 0.735 bits per heavy atom. The highest BCUT2D eigenvalue weighted by atomic mass is 16.4. The van der Waals surface area contributed by atoms with Crippen molar-refractivity contribution in [3.63, 3.8) is 0 Å². The first-order valence-electron chi connectivity index (χ1n) is 15.6. The summed E-state index contributed by atoms with van der Waals surface area (Å²) < 4.78 is 0. The zero-order valence-corrected chi connectivity index (χ0v) is 24.4. The van der Waals surface area contributed by atoms with Crippen LogP contribution in [0.1, 0.15) is 176 Å². The zero-order chi connectivity index (χ0) is 25.7. The van der Waals surface area contributed by atoms with Crippen molar-refractivity contribution in [3.05, 3.63) is 0 Å². The topological polar surface area (TPSA) is 37.3 Å². The Labute approximate surface area is 215 Å². The molecule has 0 bridgehead atoms. The second-order valence-corrected chi connectivity index (χ2v) is 11.6. The molecule has 0 rings (SSSR count). The first-order chi connectivity index (χ1) is 16.4. The summed E-state index contributed by atoms with van der Waals surface area (Å²) in [5.41, 5.74) is -0.573. The molecule has 0 saturated carbocycles. The van der Waals surface area contributed by atoms with Gasteiger partial charge in [-0.15, -0.1) is 0 Å². The van der Waals surface area contributed by atoms with Crippen molar-refractivity contribution in [1.82, 2.24) is 0 Å². The molecule has 1 N–H and O–H groups in total. The van der Waals surface area contributed by atoms with Gasteiger partial charge in [0, 0.05) is 0 Å². The van der Waals surface area contributed by atoms with Crippen LogP contribution in [0.15, 0.2) is 0 Å². The lowest BCUT2D eigenvalue weighted by Gasteiger charge is -2.45. The molecule has 34 heavy (non-hydrogen) atoms. The summed E-state index contributed by atoms with van der Waals surface area (Å²) in [6.45, 7) is 13.6.